The molecule has 0 bridgehead atoms. The summed E-state index contributed by atoms with van der Waals surface area (Å²) >= 11 is 3.11. The molecule has 4 heterocycles. The molecule has 0 aliphatic carbocycles. The Hall–Kier alpha value is -3.21. The molecule has 5 rings (SSSR count). The minimum atomic E-state index is -0.0442. The van der Waals surface area contributed by atoms with Crippen molar-refractivity contribution in [2.45, 2.75) is 26.6 Å². The van der Waals surface area contributed by atoms with Crippen molar-refractivity contribution in [2.75, 3.05) is 13.7 Å². The molecule has 5 aromatic rings. The fourth-order valence-electron chi connectivity index (χ4n) is 3.97. The van der Waals surface area contributed by atoms with Gasteiger partial charge in [0.25, 0.3) is 5.56 Å². The lowest BCUT2D eigenvalue weighted by Gasteiger charge is -2.20. The monoisotopic (exact) mass is 495 g/mol. The van der Waals surface area contributed by atoms with Crippen LogP contribution >= 0.6 is 22.7 Å². The zero-order valence-electron chi connectivity index (χ0n) is 19.2. The molecule has 0 saturated carbocycles. The van der Waals surface area contributed by atoms with Gasteiger partial charge < -0.3 is 9.47 Å². The van der Waals surface area contributed by atoms with E-state index in [0.29, 0.717) is 35.9 Å². The molecule has 34 heavy (non-hydrogen) atoms. The van der Waals surface area contributed by atoms with Gasteiger partial charge in [-0.1, -0.05) is 19.1 Å². The van der Waals surface area contributed by atoms with Crippen molar-refractivity contribution in [2.24, 2.45) is 7.05 Å². The predicted octanol–water partition coefficient (Wildman–Crippen LogP) is 4.31. The molecule has 4 aromatic heterocycles. The number of hydrogen-bond donors (Lipinski definition) is 0. The first-order valence-electron chi connectivity index (χ1n) is 10.9. The molecule has 0 N–H and O–H groups in total. The van der Waals surface area contributed by atoms with Crippen molar-refractivity contribution in [1.29, 1.82) is 0 Å². The topological polar surface area (TPSA) is 73.9 Å². The number of fused-ring (bicyclic) bond motifs is 3. The van der Waals surface area contributed by atoms with Gasteiger partial charge in [-0.2, -0.15) is 0 Å². The Bertz CT molecular complexity index is 1490. The lowest BCUT2D eigenvalue weighted by atomic mass is 10.2. The third kappa shape index (κ3) is 4.20. The van der Waals surface area contributed by atoms with Crippen molar-refractivity contribution < 1.29 is 9.47 Å². The Balaban J connectivity index is 1.37. The van der Waals surface area contributed by atoms with Crippen LogP contribution in [0.4, 0.5) is 0 Å². The molecule has 1 aromatic carbocycles. The fraction of sp³-hybridized carbons (Fsp3) is 0.292. The number of methoxy groups -OCH3 is 1. The molecule has 0 amide bonds. The minimum Gasteiger partial charge on any atom is -0.493 e. The quantitative estimate of drug-likeness (QED) is 0.303. The van der Waals surface area contributed by atoms with Crippen LogP contribution in [0.25, 0.3) is 16.0 Å². The van der Waals surface area contributed by atoms with Crippen LogP contribution in [-0.4, -0.2) is 37.7 Å². The summed E-state index contributed by atoms with van der Waals surface area (Å²) < 4.78 is 15.8. The fourth-order valence-corrected chi connectivity index (χ4v) is 5.43. The van der Waals surface area contributed by atoms with Crippen LogP contribution < -0.4 is 15.0 Å². The average molecular weight is 496 g/mol. The van der Waals surface area contributed by atoms with E-state index in [4.69, 9.17) is 9.47 Å². The maximum Gasteiger partial charge on any atom is 0.272 e. The Morgan fingerprint density at radius 1 is 1.06 bits per heavy atom. The molecule has 0 atom stereocenters. The Morgan fingerprint density at radius 2 is 1.94 bits per heavy atom. The first-order valence-corrected chi connectivity index (χ1v) is 12.7. The zero-order chi connectivity index (χ0) is 23.7. The van der Waals surface area contributed by atoms with Crippen molar-refractivity contribution in [3.63, 3.8) is 0 Å². The summed E-state index contributed by atoms with van der Waals surface area (Å²) in [6.07, 6.45) is 0. The minimum absolute atomic E-state index is 0.0442. The first-order chi connectivity index (χ1) is 16.6. The van der Waals surface area contributed by atoms with Gasteiger partial charge in [-0.25, -0.2) is 0 Å². The van der Waals surface area contributed by atoms with Crippen molar-refractivity contribution in [1.82, 2.24) is 24.1 Å². The van der Waals surface area contributed by atoms with E-state index < -0.39 is 0 Å². The number of hydrogen-bond acceptors (Lipinski definition) is 8. The van der Waals surface area contributed by atoms with Gasteiger partial charge in [0, 0.05) is 18.5 Å². The Morgan fingerprint density at radius 3 is 2.71 bits per heavy atom. The summed E-state index contributed by atoms with van der Waals surface area (Å²) in [5.41, 5.74) is 1.93. The van der Waals surface area contributed by atoms with Crippen LogP contribution in [0.2, 0.25) is 0 Å². The Kier molecular flexibility index (Phi) is 6.36. The molecule has 0 fully saturated rings. The van der Waals surface area contributed by atoms with Gasteiger partial charge in [-0.05, 0) is 47.1 Å². The zero-order valence-corrected chi connectivity index (χ0v) is 20.9. The maximum absolute atomic E-state index is 12.6. The van der Waals surface area contributed by atoms with E-state index in [1.807, 2.05) is 39.4 Å². The molecule has 0 spiro atoms. The van der Waals surface area contributed by atoms with Gasteiger partial charge in [-0.3, -0.25) is 18.7 Å². The highest BCUT2D eigenvalue weighted by molar-refractivity contribution is 7.17. The van der Waals surface area contributed by atoms with E-state index in [9.17, 15) is 4.79 Å². The summed E-state index contributed by atoms with van der Waals surface area (Å²) in [4.78, 5) is 16.0. The molecule has 8 nitrogen and oxygen atoms in total. The van der Waals surface area contributed by atoms with Crippen LogP contribution in [0.5, 0.6) is 11.5 Å². The van der Waals surface area contributed by atoms with E-state index in [-0.39, 0.29) is 5.56 Å². The first kappa shape index (κ1) is 22.6. The lowest BCUT2D eigenvalue weighted by molar-refractivity contribution is 0.261. The summed E-state index contributed by atoms with van der Waals surface area (Å²) in [5.74, 6) is 2.80. The van der Waals surface area contributed by atoms with Crippen LogP contribution in [0.1, 0.15) is 23.2 Å². The number of benzene rings is 1. The highest BCUT2D eigenvalue weighted by atomic mass is 32.1. The van der Waals surface area contributed by atoms with E-state index in [0.717, 1.165) is 29.2 Å². The summed E-state index contributed by atoms with van der Waals surface area (Å²) in [6, 6.07) is 12.1. The van der Waals surface area contributed by atoms with Gasteiger partial charge in [0.05, 0.1) is 19.2 Å². The summed E-state index contributed by atoms with van der Waals surface area (Å²) in [6.45, 7) is 4.78. The molecule has 176 valence electrons. The third-order valence-corrected chi connectivity index (χ3v) is 7.54. The van der Waals surface area contributed by atoms with Crippen molar-refractivity contribution in [3.05, 3.63) is 73.8 Å². The number of aryl methyl sites for hydroxylation is 1. The highest BCUT2D eigenvalue weighted by Gasteiger charge is 2.18. The number of thiophene rings is 2. The van der Waals surface area contributed by atoms with Gasteiger partial charge in [0.1, 0.15) is 11.3 Å². The number of aromatic nitrogens is 4. The van der Waals surface area contributed by atoms with Crippen LogP contribution in [-0.2, 0) is 26.7 Å². The van der Waals surface area contributed by atoms with Crippen molar-refractivity contribution in [3.8, 4) is 11.5 Å². The Labute approximate surface area is 204 Å². The highest BCUT2D eigenvalue weighted by Crippen LogP contribution is 2.30. The standard InChI is InChI=1S/C24H25N5O3S2/c1-4-28(13-16-7-8-19(20(12-16)31-3)32-15-17-6-5-10-33-17)14-21-25-26-24-27(2)23(30)22-18(29(21)24)9-11-34-22/h5-12H,4,13-15H2,1-3H3. The number of nitrogens with zero attached hydrogens (tertiary/aromatic N) is 5. The molecule has 0 radical (unpaired) electrons. The molecule has 0 saturated heterocycles. The van der Waals surface area contributed by atoms with Crippen LogP contribution in [0, 0.1) is 0 Å². The lowest BCUT2D eigenvalue weighted by Crippen LogP contribution is -2.24. The van der Waals surface area contributed by atoms with Crippen LogP contribution in [0.3, 0.4) is 0 Å². The average Bonchev–Trinajstić information content (AvgIpc) is 3.62. The molecular weight excluding hydrogens is 470 g/mol. The maximum atomic E-state index is 12.6. The van der Waals surface area contributed by atoms with Gasteiger partial charge >= 0.3 is 0 Å². The van der Waals surface area contributed by atoms with Gasteiger partial charge in [-0.15, -0.1) is 32.9 Å². The third-order valence-electron chi connectivity index (χ3n) is 5.79. The predicted molar refractivity (Wildman–Crippen MR) is 135 cm³/mol. The van der Waals surface area contributed by atoms with Gasteiger partial charge in [0.2, 0.25) is 5.78 Å². The van der Waals surface area contributed by atoms with E-state index in [1.54, 1.807) is 30.1 Å². The van der Waals surface area contributed by atoms with Crippen LogP contribution in [0.15, 0.2) is 52.0 Å². The second-order valence-corrected chi connectivity index (χ2v) is 9.86. The van der Waals surface area contributed by atoms with Crippen molar-refractivity contribution >= 4 is 38.7 Å². The largest absolute Gasteiger partial charge is 0.493 e. The molecule has 0 unspecified atom stereocenters. The second kappa shape index (κ2) is 9.57. The number of ether oxygens (including phenoxy) is 2. The van der Waals surface area contributed by atoms with E-state index in [1.165, 1.54) is 16.2 Å². The number of rotatable bonds is 9. The normalized spacial score (nSPS) is 11.6. The summed E-state index contributed by atoms with van der Waals surface area (Å²) in [7, 11) is 3.40. The van der Waals surface area contributed by atoms with E-state index >= 15 is 0 Å². The molecule has 10 heteroatoms. The SMILES string of the molecule is CCN(Cc1ccc(OCc2cccs2)c(OC)c1)Cc1nnc2n(C)c(=O)c3sccc3n12. The van der Waals surface area contributed by atoms with E-state index in [2.05, 4.69) is 34.2 Å². The smallest absolute Gasteiger partial charge is 0.272 e. The molecule has 0 aliphatic heterocycles. The second-order valence-electron chi connectivity index (χ2n) is 7.91. The molecular formula is C24H25N5O3S2. The molecule has 0 aliphatic rings. The summed E-state index contributed by atoms with van der Waals surface area (Å²) in [5, 5.41) is 12.7. The van der Waals surface area contributed by atoms with Gasteiger partial charge in [0.15, 0.2) is 17.3 Å².